The molecule has 3 rings (SSSR count). The molecule has 0 heterocycles. The number of hydrogen-bond acceptors (Lipinski definition) is 3. The van der Waals surface area contributed by atoms with Crippen LogP contribution < -0.4 is 9.62 Å². The summed E-state index contributed by atoms with van der Waals surface area (Å²) in [6.45, 7) is 3.82. The molecule has 0 spiro atoms. The standard InChI is InChI=1S/C21H26N2O3S/c1-16-12-14-19(15-13-16)27(25,26)22-21(24)23(18-9-4-3-5-10-18)20-11-7-6-8-17(20)2/h6-8,11-15,18H,3-5,9-10H2,1-2H3,(H,22,24). The van der Waals surface area contributed by atoms with E-state index in [9.17, 15) is 13.2 Å². The van der Waals surface area contributed by atoms with Gasteiger partial charge in [0.15, 0.2) is 0 Å². The Balaban J connectivity index is 1.91. The molecule has 2 aromatic rings. The zero-order valence-electron chi connectivity index (χ0n) is 15.8. The minimum atomic E-state index is -3.92. The summed E-state index contributed by atoms with van der Waals surface area (Å²) in [7, 11) is -3.92. The van der Waals surface area contributed by atoms with Crippen molar-refractivity contribution in [1.29, 1.82) is 0 Å². The second kappa shape index (κ2) is 8.13. The topological polar surface area (TPSA) is 66.5 Å². The summed E-state index contributed by atoms with van der Waals surface area (Å²) in [5.41, 5.74) is 2.68. The van der Waals surface area contributed by atoms with Crippen molar-refractivity contribution in [3.63, 3.8) is 0 Å². The highest BCUT2D eigenvalue weighted by Crippen LogP contribution is 2.30. The van der Waals surface area contributed by atoms with Crippen LogP contribution in [0, 0.1) is 13.8 Å². The fraction of sp³-hybridized carbons (Fsp3) is 0.381. The number of rotatable bonds is 4. The van der Waals surface area contributed by atoms with Gasteiger partial charge in [-0.1, -0.05) is 55.2 Å². The lowest BCUT2D eigenvalue weighted by molar-refractivity contribution is 0.246. The Morgan fingerprint density at radius 3 is 2.22 bits per heavy atom. The first-order valence-electron chi connectivity index (χ1n) is 9.37. The Bertz CT molecular complexity index is 901. The Morgan fingerprint density at radius 2 is 1.59 bits per heavy atom. The molecule has 5 nitrogen and oxygen atoms in total. The number of carbonyl (C=O) groups excluding carboxylic acids is 1. The lowest BCUT2D eigenvalue weighted by Crippen LogP contribution is -2.49. The molecular formula is C21H26N2O3S. The molecule has 144 valence electrons. The molecule has 0 unspecified atom stereocenters. The first-order valence-corrected chi connectivity index (χ1v) is 10.8. The van der Waals surface area contributed by atoms with Crippen LogP contribution in [0.2, 0.25) is 0 Å². The van der Waals surface area contributed by atoms with Gasteiger partial charge in [-0.3, -0.25) is 4.90 Å². The summed E-state index contributed by atoms with van der Waals surface area (Å²) in [5.74, 6) is 0. The van der Waals surface area contributed by atoms with Gasteiger partial charge in [0.05, 0.1) is 4.90 Å². The summed E-state index contributed by atoms with van der Waals surface area (Å²) >= 11 is 0. The van der Waals surface area contributed by atoms with E-state index in [1.165, 1.54) is 12.1 Å². The molecule has 6 heteroatoms. The van der Waals surface area contributed by atoms with Crippen LogP contribution in [0.1, 0.15) is 43.2 Å². The van der Waals surface area contributed by atoms with Gasteiger partial charge < -0.3 is 0 Å². The zero-order valence-corrected chi connectivity index (χ0v) is 16.6. The number of nitrogens with zero attached hydrogens (tertiary/aromatic N) is 1. The number of anilines is 1. The van der Waals surface area contributed by atoms with Crippen LogP contribution in [0.5, 0.6) is 0 Å². The quantitative estimate of drug-likeness (QED) is 0.839. The number of hydrogen-bond donors (Lipinski definition) is 1. The zero-order chi connectivity index (χ0) is 19.4. The van der Waals surface area contributed by atoms with Crippen LogP contribution >= 0.6 is 0 Å². The van der Waals surface area contributed by atoms with E-state index in [1.807, 2.05) is 38.1 Å². The highest BCUT2D eigenvalue weighted by Gasteiger charge is 2.30. The Hall–Kier alpha value is -2.34. The average molecular weight is 387 g/mol. The minimum absolute atomic E-state index is 0.00747. The summed E-state index contributed by atoms with van der Waals surface area (Å²) in [5, 5.41) is 0. The van der Waals surface area contributed by atoms with E-state index in [1.54, 1.807) is 17.0 Å². The average Bonchev–Trinajstić information content (AvgIpc) is 2.64. The summed E-state index contributed by atoms with van der Waals surface area (Å²) in [4.78, 5) is 14.8. The van der Waals surface area contributed by atoms with Gasteiger partial charge in [0, 0.05) is 11.7 Å². The van der Waals surface area contributed by atoms with Crippen molar-refractivity contribution in [2.45, 2.75) is 56.9 Å². The maximum Gasteiger partial charge on any atom is 0.336 e. The van der Waals surface area contributed by atoms with Crippen molar-refractivity contribution in [3.05, 3.63) is 59.7 Å². The van der Waals surface area contributed by atoms with E-state index >= 15 is 0 Å². The van der Waals surface area contributed by atoms with E-state index in [0.29, 0.717) is 0 Å². The lowest BCUT2D eigenvalue weighted by Gasteiger charge is -2.35. The second-order valence-electron chi connectivity index (χ2n) is 7.17. The largest absolute Gasteiger partial charge is 0.336 e. The fourth-order valence-electron chi connectivity index (χ4n) is 3.59. The van der Waals surface area contributed by atoms with Crippen LogP contribution in [0.4, 0.5) is 10.5 Å². The molecule has 0 radical (unpaired) electrons. The minimum Gasteiger partial charge on any atom is -0.290 e. The molecule has 2 amide bonds. The second-order valence-corrected chi connectivity index (χ2v) is 8.85. The maximum atomic E-state index is 13.1. The van der Waals surface area contributed by atoms with Crippen molar-refractivity contribution in [2.75, 3.05) is 4.90 Å². The SMILES string of the molecule is Cc1ccc(S(=O)(=O)NC(=O)N(c2ccccc2C)C2CCCCC2)cc1. The van der Waals surface area contributed by atoms with E-state index < -0.39 is 16.1 Å². The number of sulfonamides is 1. The molecular weight excluding hydrogens is 360 g/mol. The first kappa shape index (κ1) is 19.4. The molecule has 1 fully saturated rings. The lowest BCUT2D eigenvalue weighted by atomic mass is 9.93. The molecule has 0 atom stereocenters. The number of carbonyl (C=O) groups is 1. The van der Waals surface area contributed by atoms with Crippen molar-refractivity contribution in [2.24, 2.45) is 0 Å². The summed E-state index contributed by atoms with van der Waals surface area (Å²) in [6, 6.07) is 13.5. The number of urea groups is 1. The predicted octanol–water partition coefficient (Wildman–Crippen LogP) is 4.54. The van der Waals surface area contributed by atoms with Gasteiger partial charge in [-0.25, -0.2) is 17.9 Å². The van der Waals surface area contributed by atoms with Crippen molar-refractivity contribution in [1.82, 2.24) is 4.72 Å². The van der Waals surface area contributed by atoms with Crippen molar-refractivity contribution < 1.29 is 13.2 Å². The molecule has 0 saturated heterocycles. The van der Waals surface area contributed by atoms with Gasteiger partial charge in [-0.2, -0.15) is 0 Å². The molecule has 1 aliphatic rings. The van der Waals surface area contributed by atoms with Gasteiger partial charge in [0.1, 0.15) is 0 Å². The molecule has 1 saturated carbocycles. The third-order valence-electron chi connectivity index (χ3n) is 5.09. The van der Waals surface area contributed by atoms with E-state index in [4.69, 9.17) is 0 Å². The summed E-state index contributed by atoms with van der Waals surface area (Å²) in [6.07, 6.45) is 5.01. The number of para-hydroxylation sites is 1. The van der Waals surface area contributed by atoms with Crippen LogP contribution in [-0.2, 0) is 10.0 Å². The van der Waals surface area contributed by atoms with Crippen LogP contribution in [0.15, 0.2) is 53.4 Å². The third-order valence-corrected chi connectivity index (χ3v) is 6.42. The smallest absolute Gasteiger partial charge is 0.290 e. The Morgan fingerprint density at radius 1 is 0.963 bits per heavy atom. The normalized spacial score (nSPS) is 15.3. The van der Waals surface area contributed by atoms with Gasteiger partial charge in [-0.15, -0.1) is 0 Å². The highest BCUT2D eigenvalue weighted by atomic mass is 32.2. The van der Waals surface area contributed by atoms with E-state index in [0.717, 1.165) is 48.9 Å². The van der Waals surface area contributed by atoms with Crippen molar-refractivity contribution >= 4 is 21.7 Å². The third kappa shape index (κ3) is 4.50. The molecule has 27 heavy (non-hydrogen) atoms. The van der Waals surface area contributed by atoms with Crippen LogP contribution in [0.25, 0.3) is 0 Å². The summed E-state index contributed by atoms with van der Waals surface area (Å²) < 4.78 is 27.7. The van der Waals surface area contributed by atoms with Gasteiger partial charge >= 0.3 is 6.03 Å². The highest BCUT2D eigenvalue weighted by molar-refractivity contribution is 7.90. The van der Waals surface area contributed by atoms with Gasteiger partial charge in [0.2, 0.25) is 0 Å². The monoisotopic (exact) mass is 386 g/mol. The Kier molecular flexibility index (Phi) is 5.85. The number of aryl methyl sites for hydroxylation is 2. The predicted molar refractivity (Wildman–Crippen MR) is 107 cm³/mol. The molecule has 0 aromatic heterocycles. The van der Waals surface area contributed by atoms with Gasteiger partial charge in [-0.05, 0) is 50.5 Å². The molecule has 2 aromatic carbocycles. The maximum absolute atomic E-state index is 13.1. The van der Waals surface area contributed by atoms with Crippen LogP contribution in [0.3, 0.4) is 0 Å². The number of benzene rings is 2. The molecule has 1 N–H and O–H groups in total. The molecule has 0 aliphatic heterocycles. The van der Waals surface area contributed by atoms with Crippen LogP contribution in [-0.4, -0.2) is 20.5 Å². The number of amides is 2. The molecule has 0 bridgehead atoms. The number of nitrogens with one attached hydrogen (secondary N) is 1. The van der Waals surface area contributed by atoms with E-state index in [2.05, 4.69) is 4.72 Å². The van der Waals surface area contributed by atoms with Gasteiger partial charge in [0.25, 0.3) is 10.0 Å². The fourth-order valence-corrected chi connectivity index (χ4v) is 4.53. The van der Waals surface area contributed by atoms with E-state index in [-0.39, 0.29) is 10.9 Å². The first-order chi connectivity index (χ1) is 12.9. The Labute approximate surface area is 161 Å². The van der Waals surface area contributed by atoms with Crippen molar-refractivity contribution in [3.8, 4) is 0 Å². The molecule has 1 aliphatic carbocycles.